The second kappa shape index (κ2) is 10.9. The number of sulfonamides is 1. The molecule has 3 N–H and O–H groups in total. The van der Waals surface area contributed by atoms with E-state index in [0.29, 0.717) is 17.0 Å². The molecule has 0 radical (unpaired) electrons. The van der Waals surface area contributed by atoms with Gasteiger partial charge in [-0.05, 0) is 29.7 Å². The number of amides is 1. The van der Waals surface area contributed by atoms with Crippen LogP contribution in [0.1, 0.15) is 34.1 Å². The molecule has 2 aromatic carbocycles. The van der Waals surface area contributed by atoms with Gasteiger partial charge < -0.3 is 5.32 Å². The van der Waals surface area contributed by atoms with Crippen LogP contribution < -0.4 is 10.5 Å². The van der Waals surface area contributed by atoms with E-state index in [4.69, 9.17) is 5.14 Å². The third kappa shape index (κ3) is 6.99. The lowest BCUT2D eigenvalue weighted by molar-refractivity contribution is -0.120. The average Bonchev–Trinajstić information content (AvgIpc) is 3.23. The van der Waals surface area contributed by atoms with Gasteiger partial charge >= 0.3 is 0 Å². The first-order chi connectivity index (χ1) is 15.2. The van der Waals surface area contributed by atoms with Crippen molar-refractivity contribution in [3.05, 3.63) is 76.3 Å². The van der Waals surface area contributed by atoms with Crippen molar-refractivity contribution >= 4 is 44.8 Å². The highest BCUT2D eigenvalue weighted by atomic mass is 32.2. The summed E-state index contributed by atoms with van der Waals surface area (Å²) in [5, 5.41) is 9.66. The van der Waals surface area contributed by atoms with Crippen LogP contribution >= 0.6 is 23.1 Å². The number of hydrogen-bond acceptors (Lipinski definition) is 7. The Balaban J connectivity index is 1.45. The van der Waals surface area contributed by atoms with Crippen molar-refractivity contribution in [1.82, 2.24) is 10.3 Å². The standard InChI is InChI=1S/C22H23N3O4S3/c1-2-15-3-7-17(8-4-15)20(26)14-31-22-25-18(13-30-22)11-21(27)24-12-16-5-9-19(10-6-16)32(23,28)29/h3-10,13H,2,11-12,14H2,1H3,(H,24,27)(H2,23,28,29). The van der Waals surface area contributed by atoms with E-state index in [2.05, 4.69) is 17.2 Å². The van der Waals surface area contributed by atoms with Crippen molar-refractivity contribution in [2.24, 2.45) is 5.14 Å². The van der Waals surface area contributed by atoms with Gasteiger partial charge in [-0.25, -0.2) is 18.5 Å². The van der Waals surface area contributed by atoms with Gasteiger partial charge in [-0.1, -0.05) is 55.1 Å². The Morgan fingerprint density at radius 1 is 1.06 bits per heavy atom. The van der Waals surface area contributed by atoms with Crippen LogP contribution in [0.25, 0.3) is 0 Å². The van der Waals surface area contributed by atoms with E-state index in [0.717, 1.165) is 16.3 Å². The fourth-order valence-corrected chi connectivity index (χ4v) is 5.05. The first kappa shape index (κ1) is 24.1. The number of ketones is 1. The monoisotopic (exact) mass is 489 g/mol. The summed E-state index contributed by atoms with van der Waals surface area (Å²) in [6.45, 7) is 2.34. The number of nitrogens with one attached hydrogen (secondary N) is 1. The third-order valence-electron chi connectivity index (χ3n) is 4.62. The van der Waals surface area contributed by atoms with Gasteiger partial charge in [-0.3, -0.25) is 9.59 Å². The van der Waals surface area contributed by atoms with Crippen LogP contribution in [0.2, 0.25) is 0 Å². The molecule has 1 aromatic heterocycles. The number of thioether (sulfide) groups is 1. The van der Waals surface area contributed by atoms with Crippen LogP contribution in [0.15, 0.2) is 63.1 Å². The van der Waals surface area contributed by atoms with Crippen molar-refractivity contribution in [2.75, 3.05) is 5.75 Å². The first-order valence-electron chi connectivity index (χ1n) is 9.82. The zero-order valence-corrected chi connectivity index (χ0v) is 19.9. The van der Waals surface area contributed by atoms with Crippen molar-refractivity contribution in [3.63, 3.8) is 0 Å². The van der Waals surface area contributed by atoms with Crippen molar-refractivity contribution in [2.45, 2.75) is 35.5 Å². The van der Waals surface area contributed by atoms with E-state index in [9.17, 15) is 18.0 Å². The number of Topliss-reactive ketones (excluding diaryl/α,β-unsaturated/α-hetero) is 1. The van der Waals surface area contributed by atoms with Crippen molar-refractivity contribution in [1.29, 1.82) is 0 Å². The molecule has 3 aromatic rings. The Labute approximate surface area is 195 Å². The molecule has 32 heavy (non-hydrogen) atoms. The molecule has 0 fully saturated rings. The fourth-order valence-electron chi connectivity index (χ4n) is 2.80. The van der Waals surface area contributed by atoms with E-state index < -0.39 is 10.0 Å². The van der Waals surface area contributed by atoms with E-state index in [1.165, 1.54) is 40.8 Å². The number of aromatic nitrogens is 1. The molecule has 0 saturated carbocycles. The zero-order valence-electron chi connectivity index (χ0n) is 17.4. The summed E-state index contributed by atoms with van der Waals surface area (Å²) in [5.41, 5.74) is 3.27. The molecule has 1 amide bonds. The average molecular weight is 490 g/mol. The SMILES string of the molecule is CCc1ccc(C(=O)CSc2nc(CC(=O)NCc3ccc(S(N)(=O)=O)cc3)cs2)cc1. The molecule has 3 rings (SSSR count). The van der Waals surface area contributed by atoms with E-state index in [1.54, 1.807) is 12.1 Å². The van der Waals surface area contributed by atoms with Gasteiger partial charge in [-0.2, -0.15) is 0 Å². The lowest BCUT2D eigenvalue weighted by Crippen LogP contribution is -2.24. The van der Waals surface area contributed by atoms with Crippen LogP contribution in [0.4, 0.5) is 0 Å². The van der Waals surface area contributed by atoms with Gasteiger partial charge in [0.05, 0.1) is 22.8 Å². The highest BCUT2D eigenvalue weighted by Crippen LogP contribution is 2.24. The Kier molecular flexibility index (Phi) is 8.19. The van der Waals surface area contributed by atoms with E-state index >= 15 is 0 Å². The largest absolute Gasteiger partial charge is 0.352 e. The summed E-state index contributed by atoms with van der Waals surface area (Å²) >= 11 is 2.77. The summed E-state index contributed by atoms with van der Waals surface area (Å²) < 4.78 is 23.3. The molecule has 168 valence electrons. The molecule has 7 nitrogen and oxygen atoms in total. The summed E-state index contributed by atoms with van der Waals surface area (Å²) in [6, 6.07) is 13.6. The Morgan fingerprint density at radius 2 is 1.72 bits per heavy atom. The Bertz CT molecular complexity index is 1190. The minimum Gasteiger partial charge on any atom is -0.352 e. The number of benzene rings is 2. The fraction of sp³-hybridized carbons (Fsp3) is 0.227. The van der Waals surface area contributed by atoms with Crippen molar-refractivity contribution in [3.8, 4) is 0 Å². The number of thiazole rings is 1. The van der Waals surface area contributed by atoms with Gasteiger partial charge in [0.15, 0.2) is 10.1 Å². The third-order valence-corrected chi connectivity index (χ3v) is 7.62. The molecule has 0 bridgehead atoms. The van der Waals surface area contributed by atoms with Crippen LogP contribution in [0.5, 0.6) is 0 Å². The number of nitrogens with zero attached hydrogens (tertiary/aromatic N) is 1. The van der Waals surface area contributed by atoms with E-state index in [-0.39, 0.29) is 29.6 Å². The second-order valence-corrected chi connectivity index (χ2v) is 10.7. The summed E-state index contributed by atoms with van der Waals surface area (Å²) in [7, 11) is -3.74. The number of hydrogen-bond donors (Lipinski definition) is 2. The van der Waals surface area contributed by atoms with Crippen LogP contribution in [-0.4, -0.2) is 30.8 Å². The number of carbonyl (C=O) groups excluding carboxylic acids is 2. The molecule has 0 aliphatic heterocycles. The Hall–Kier alpha value is -2.53. The lowest BCUT2D eigenvalue weighted by Gasteiger charge is -2.05. The molecule has 0 spiro atoms. The number of carbonyl (C=O) groups is 2. The first-order valence-corrected chi connectivity index (χ1v) is 13.2. The Morgan fingerprint density at radius 3 is 2.34 bits per heavy atom. The zero-order chi connectivity index (χ0) is 23.1. The minimum atomic E-state index is -3.74. The highest BCUT2D eigenvalue weighted by molar-refractivity contribution is 8.01. The molecule has 0 aliphatic carbocycles. The van der Waals surface area contributed by atoms with Crippen LogP contribution in [0, 0.1) is 0 Å². The number of rotatable bonds is 10. The quantitative estimate of drug-likeness (QED) is 0.333. The maximum absolute atomic E-state index is 12.3. The topological polar surface area (TPSA) is 119 Å². The molecule has 0 aliphatic rings. The van der Waals surface area contributed by atoms with Crippen LogP contribution in [-0.2, 0) is 34.2 Å². The second-order valence-electron chi connectivity index (χ2n) is 7.01. The van der Waals surface area contributed by atoms with Gasteiger partial charge in [0.25, 0.3) is 0 Å². The molecule has 0 saturated heterocycles. The normalized spacial score (nSPS) is 11.3. The highest BCUT2D eigenvalue weighted by Gasteiger charge is 2.12. The predicted molar refractivity (Wildman–Crippen MR) is 126 cm³/mol. The molecule has 0 atom stereocenters. The van der Waals surface area contributed by atoms with Crippen LogP contribution in [0.3, 0.4) is 0 Å². The van der Waals surface area contributed by atoms with Crippen molar-refractivity contribution < 1.29 is 18.0 Å². The maximum Gasteiger partial charge on any atom is 0.238 e. The number of primary sulfonamides is 1. The number of aryl methyl sites for hydroxylation is 1. The summed E-state index contributed by atoms with van der Waals surface area (Å²) in [5.74, 6) is 0.133. The minimum absolute atomic E-state index is 0.0246. The lowest BCUT2D eigenvalue weighted by atomic mass is 10.1. The van der Waals surface area contributed by atoms with Gasteiger partial charge in [0.2, 0.25) is 15.9 Å². The molecule has 1 heterocycles. The number of nitrogens with two attached hydrogens (primary N) is 1. The molecule has 10 heteroatoms. The molecule has 0 unspecified atom stereocenters. The smallest absolute Gasteiger partial charge is 0.238 e. The van der Waals surface area contributed by atoms with E-state index in [1.807, 2.05) is 29.6 Å². The predicted octanol–water partition coefficient (Wildman–Crippen LogP) is 3.19. The van der Waals surface area contributed by atoms with Gasteiger partial charge in [0, 0.05) is 17.5 Å². The maximum atomic E-state index is 12.3. The van der Waals surface area contributed by atoms with Gasteiger partial charge in [0.1, 0.15) is 0 Å². The molecular formula is C22H23N3O4S3. The summed E-state index contributed by atoms with van der Waals surface area (Å²) in [4.78, 5) is 29.0. The summed E-state index contributed by atoms with van der Waals surface area (Å²) in [6.07, 6.45) is 1.06. The molecular weight excluding hydrogens is 466 g/mol. The van der Waals surface area contributed by atoms with Gasteiger partial charge in [-0.15, -0.1) is 11.3 Å².